The van der Waals surface area contributed by atoms with E-state index in [4.69, 9.17) is 0 Å². The van der Waals surface area contributed by atoms with E-state index < -0.39 is 14.9 Å². The van der Waals surface area contributed by atoms with Crippen LogP contribution in [0.4, 0.5) is 11.6 Å². The molecule has 2 heterocycles. The molecule has 0 amide bonds. The zero-order valence-electron chi connectivity index (χ0n) is 9.86. The molecule has 2 aromatic heterocycles. The van der Waals surface area contributed by atoms with Crippen molar-refractivity contribution in [2.75, 3.05) is 24.7 Å². The van der Waals surface area contributed by atoms with Crippen molar-refractivity contribution in [1.82, 2.24) is 14.1 Å². The number of sulfonamides is 1. The average molecular weight is 305 g/mol. The summed E-state index contributed by atoms with van der Waals surface area (Å²) >= 11 is 1.28. The lowest BCUT2D eigenvalue weighted by Crippen LogP contribution is -2.27. The van der Waals surface area contributed by atoms with E-state index >= 15 is 0 Å². The molecule has 2 N–H and O–H groups in total. The van der Waals surface area contributed by atoms with Crippen LogP contribution in [0.5, 0.6) is 0 Å². The van der Waals surface area contributed by atoms with Gasteiger partial charge in [0.05, 0.1) is 6.26 Å². The summed E-state index contributed by atoms with van der Waals surface area (Å²) in [4.78, 5) is 15.0. The Morgan fingerprint density at radius 2 is 2.26 bits per heavy atom. The summed E-state index contributed by atoms with van der Waals surface area (Å²) in [6.07, 6.45) is 2.60. The fourth-order valence-electron chi connectivity index (χ4n) is 1.48. The molecule has 0 bridgehead atoms. The number of nitrogens with one attached hydrogen (secondary N) is 2. The number of fused-ring (bicyclic) bond motifs is 1. The van der Waals surface area contributed by atoms with Crippen LogP contribution < -0.4 is 10.0 Å². The first-order valence-corrected chi connectivity index (χ1v) is 7.94. The van der Waals surface area contributed by atoms with Gasteiger partial charge in [-0.1, -0.05) is 11.3 Å². The number of rotatable bonds is 6. The van der Waals surface area contributed by atoms with Gasteiger partial charge in [0.15, 0.2) is 0 Å². The van der Waals surface area contributed by atoms with E-state index in [9.17, 15) is 18.5 Å². The van der Waals surface area contributed by atoms with Crippen molar-refractivity contribution in [1.29, 1.82) is 0 Å². The fourth-order valence-corrected chi connectivity index (χ4v) is 2.67. The Bertz CT molecular complexity index is 704. The highest BCUT2D eigenvalue weighted by Crippen LogP contribution is 2.27. The molecule has 0 aromatic carbocycles. The summed E-state index contributed by atoms with van der Waals surface area (Å²) in [6.45, 7) is 0.333. The van der Waals surface area contributed by atoms with Gasteiger partial charge in [0.1, 0.15) is 6.20 Å². The average Bonchev–Trinajstić information content (AvgIpc) is 2.81. The second kappa shape index (κ2) is 5.11. The number of nitro groups is 1. The third kappa shape index (κ3) is 3.19. The molecule has 0 fully saturated rings. The number of thiazole rings is 1. The second-order valence-electron chi connectivity index (χ2n) is 3.69. The van der Waals surface area contributed by atoms with Crippen molar-refractivity contribution in [3.63, 3.8) is 0 Å². The van der Waals surface area contributed by atoms with E-state index in [-0.39, 0.29) is 24.7 Å². The first kappa shape index (κ1) is 13.7. The minimum atomic E-state index is -3.27. The van der Waals surface area contributed by atoms with E-state index in [1.165, 1.54) is 15.7 Å². The van der Waals surface area contributed by atoms with Gasteiger partial charge in [0.25, 0.3) is 4.96 Å². The summed E-state index contributed by atoms with van der Waals surface area (Å²) in [7, 11) is -3.27. The molecule has 104 valence electrons. The Morgan fingerprint density at radius 3 is 2.89 bits per heavy atom. The fraction of sp³-hybridized carbons (Fsp3) is 0.375. The van der Waals surface area contributed by atoms with Crippen molar-refractivity contribution in [3.05, 3.63) is 21.7 Å². The van der Waals surface area contributed by atoms with E-state index in [0.717, 1.165) is 6.26 Å². The van der Waals surface area contributed by atoms with Crippen LogP contribution in [0.25, 0.3) is 4.96 Å². The molecule has 11 heteroatoms. The predicted octanol–water partition coefficient (Wildman–Crippen LogP) is 0.265. The van der Waals surface area contributed by atoms with Crippen molar-refractivity contribution in [2.24, 2.45) is 0 Å². The molecule has 0 aliphatic rings. The van der Waals surface area contributed by atoms with Crippen LogP contribution in [0, 0.1) is 10.1 Å². The van der Waals surface area contributed by atoms with Crippen molar-refractivity contribution < 1.29 is 13.3 Å². The lowest BCUT2D eigenvalue weighted by molar-refractivity contribution is -0.389. The van der Waals surface area contributed by atoms with E-state index in [1.54, 1.807) is 11.6 Å². The lowest BCUT2D eigenvalue weighted by Gasteiger charge is -2.03. The summed E-state index contributed by atoms with van der Waals surface area (Å²) in [5, 5.41) is 15.4. The Hall–Kier alpha value is -1.72. The van der Waals surface area contributed by atoms with E-state index in [1.807, 2.05) is 0 Å². The first-order chi connectivity index (χ1) is 8.88. The minimum absolute atomic E-state index is 0.126. The molecule has 2 aromatic rings. The van der Waals surface area contributed by atoms with Gasteiger partial charge in [-0.25, -0.2) is 13.1 Å². The smallest absolute Gasteiger partial charge is 0.362 e. The topological polar surface area (TPSA) is 119 Å². The molecule has 0 saturated carbocycles. The van der Waals surface area contributed by atoms with Gasteiger partial charge in [-0.05, 0) is 4.92 Å². The van der Waals surface area contributed by atoms with Gasteiger partial charge in [-0.15, -0.1) is 0 Å². The van der Waals surface area contributed by atoms with Crippen molar-refractivity contribution in [3.8, 4) is 0 Å². The van der Waals surface area contributed by atoms with Gasteiger partial charge in [-0.2, -0.15) is 9.38 Å². The maximum absolute atomic E-state index is 11.0. The Balaban J connectivity index is 2.10. The Kier molecular flexibility index (Phi) is 3.68. The number of hydrogen-bond donors (Lipinski definition) is 2. The molecular weight excluding hydrogens is 294 g/mol. The third-order valence-electron chi connectivity index (χ3n) is 2.19. The van der Waals surface area contributed by atoms with Gasteiger partial charge >= 0.3 is 5.82 Å². The van der Waals surface area contributed by atoms with Crippen LogP contribution in [0.1, 0.15) is 0 Å². The van der Waals surface area contributed by atoms with Crippen LogP contribution in [-0.2, 0) is 10.0 Å². The van der Waals surface area contributed by atoms with Gasteiger partial charge in [-0.3, -0.25) is 0 Å². The maximum atomic E-state index is 11.0. The van der Waals surface area contributed by atoms with E-state index in [0.29, 0.717) is 4.96 Å². The minimum Gasteiger partial charge on any atom is -0.362 e. The molecular formula is C8H11N5O4S2. The highest BCUT2D eigenvalue weighted by molar-refractivity contribution is 7.88. The number of hydrogen-bond acceptors (Lipinski definition) is 7. The summed E-state index contributed by atoms with van der Waals surface area (Å²) in [6, 6.07) is 0. The van der Waals surface area contributed by atoms with Gasteiger partial charge in [0.2, 0.25) is 15.8 Å². The number of nitrogens with zero attached hydrogens (tertiary/aromatic N) is 3. The zero-order chi connectivity index (χ0) is 14.0. The summed E-state index contributed by atoms with van der Waals surface area (Å²) < 4.78 is 25.4. The van der Waals surface area contributed by atoms with Crippen LogP contribution in [-0.4, -0.2) is 42.1 Å². The summed E-state index contributed by atoms with van der Waals surface area (Å²) in [5.74, 6) is -0.0252. The molecule has 0 spiro atoms. The first-order valence-electron chi connectivity index (χ1n) is 5.17. The van der Waals surface area contributed by atoms with Crippen molar-refractivity contribution in [2.45, 2.75) is 0 Å². The molecule has 0 aliphatic carbocycles. The quantitative estimate of drug-likeness (QED) is 0.449. The van der Waals surface area contributed by atoms with E-state index in [2.05, 4.69) is 15.0 Å². The van der Waals surface area contributed by atoms with Crippen molar-refractivity contribution >= 4 is 38.0 Å². The Labute approximate surface area is 112 Å². The molecule has 0 atom stereocenters. The second-order valence-corrected chi connectivity index (χ2v) is 6.40. The largest absolute Gasteiger partial charge is 0.372 e. The number of aromatic nitrogens is 2. The van der Waals surface area contributed by atoms with Gasteiger partial charge in [0, 0.05) is 18.5 Å². The van der Waals surface area contributed by atoms with Crippen LogP contribution >= 0.6 is 11.3 Å². The lowest BCUT2D eigenvalue weighted by atomic mass is 10.5. The molecule has 0 saturated heterocycles. The highest BCUT2D eigenvalue weighted by atomic mass is 32.2. The molecule has 9 nitrogen and oxygen atoms in total. The molecule has 0 aliphatic heterocycles. The summed E-state index contributed by atoms with van der Waals surface area (Å²) in [5.41, 5.74) is 0. The zero-order valence-corrected chi connectivity index (χ0v) is 11.5. The predicted molar refractivity (Wildman–Crippen MR) is 71.1 cm³/mol. The molecule has 2 rings (SSSR count). The van der Waals surface area contributed by atoms with Crippen LogP contribution in [0.15, 0.2) is 11.6 Å². The molecule has 0 radical (unpaired) electrons. The van der Waals surface area contributed by atoms with Crippen LogP contribution in [0.2, 0.25) is 0 Å². The highest BCUT2D eigenvalue weighted by Gasteiger charge is 2.23. The van der Waals surface area contributed by atoms with Crippen LogP contribution in [0.3, 0.4) is 0 Å². The number of imidazole rings is 1. The SMILES string of the molecule is CS(=O)(=O)NCCNc1nc2sccn2c1[N+](=O)[O-]. The monoisotopic (exact) mass is 305 g/mol. The third-order valence-corrected chi connectivity index (χ3v) is 3.68. The molecule has 19 heavy (non-hydrogen) atoms. The van der Waals surface area contributed by atoms with Gasteiger partial charge < -0.3 is 15.4 Å². The standard InChI is InChI=1S/C8H11N5O4S2/c1-19(16,17)10-3-2-9-6-7(13(14)15)12-4-5-18-8(12)11-6/h4-5,9-10H,2-3H2,1H3. The molecule has 0 unspecified atom stereocenters. The Morgan fingerprint density at radius 1 is 1.53 bits per heavy atom. The normalized spacial score (nSPS) is 11.8. The maximum Gasteiger partial charge on any atom is 0.372 e. The number of anilines is 1.